The third-order valence-corrected chi connectivity index (χ3v) is 5.44. The minimum Gasteiger partial charge on any atom is -0.316 e. The topological polar surface area (TPSA) is 12.0 Å². The van der Waals surface area contributed by atoms with Gasteiger partial charge >= 0.3 is 0 Å². The van der Waals surface area contributed by atoms with E-state index in [1.165, 1.54) is 64.5 Å². The Kier molecular flexibility index (Phi) is 6.01. The van der Waals surface area contributed by atoms with Gasteiger partial charge in [-0.05, 0) is 56.0 Å². The molecule has 106 valence electrons. The Hall–Kier alpha value is -0.0400. The van der Waals surface area contributed by atoms with Crippen LogP contribution in [0.2, 0.25) is 0 Å². The van der Waals surface area contributed by atoms with Crippen LogP contribution in [0.4, 0.5) is 0 Å². The molecule has 2 fully saturated rings. The van der Waals surface area contributed by atoms with Gasteiger partial charge in [0, 0.05) is 0 Å². The van der Waals surface area contributed by atoms with Crippen LogP contribution >= 0.6 is 0 Å². The van der Waals surface area contributed by atoms with Crippen LogP contribution in [0.3, 0.4) is 0 Å². The summed E-state index contributed by atoms with van der Waals surface area (Å²) in [6.07, 6.45) is 13.3. The van der Waals surface area contributed by atoms with Crippen LogP contribution in [-0.4, -0.2) is 13.1 Å². The van der Waals surface area contributed by atoms with Gasteiger partial charge in [0.15, 0.2) is 0 Å². The van der Waals surface area contributed by atoms with Gasteiger partial charge in [0.2, 0.25) is 0 Å². The monoisotopic (exact) mass is 251 g/mol. The van der Waals surface area contributed by atoms with Gasteiger partial charge in [-0.25, -0.2) is 0 Å². The lowest BCUT2D eigenvalue weighted by Gasteiger charge is -2.44. The molecule has 1 heteroatoms. The zero-order valence-electron chi connectivity index (χ0n) is 12.6. The van der Waals surface area contributed by atoms with Crippen LogP contribution in [0.25, 0.3) is 0 Å². The molecule has 0 saturated heterocycles. The van der Waals surface area contributed by atoms with Crippen molar-refractivity contribution in [1.29, 1.82) is 0 Å². The molecular formula is C17H33N. The maximum Gasteiger partial charge on any atom is -0.00178 e. The van der Waals surface area contributed by atoms with Crippen LogP contribution in [-0.2, 0) is 0 Å². The predicted molar refractivity (Wildman–Crippen MR) is 79.7 cm³/mol. The minimum atomic E-state index is 0.995. The summed E-state index contributed by atoms with van der Waals surface area (Å²) in [5, 5.41) is 3.68. The van der Waals surface area contributed by atoms with E-state index in [1.54, 1.807) is 6.42 Å². The zero-order valence-corrected chi connectivity index (χ0v) is 12.6. The fourth-order valence-corrected chi connectivity index (χ4v) is 4.19. The predicted octanol–water partition coefficient (Wildman–Crippen LogP) is 4.62. The van der Waals surface area contributed by atoms with Crippen LogP contribution in [0.1, 0.15) is 71.6 Å². The van der Waals surface area contributed by atoms with Crippen molar-refractivity contribution in [1.82, 2.24) is 5.32 Å². The second-order valence-electron chi connectivity index (χ2n) is 6.79. The Labute approximate surface area is 114 Å². The van der Waals surface area contributed by atoms with Gasteiger partial charge < -0.3 is 5.32 Å². The Balaban J connectivity index is 1.83. The smallest absolute Gasteiger partial charge is 0.00178 e. The van der Waals surface area contributed by atoms with Crippen molar-refractivity contribution in [2.45, 2.75) is 71.6 Å². The first-order valence-corrected chi connectivity index (χ1v) is 8.55. The normalized spacial score (nSPS) is 33.3. The Morgan fingerprint density at radius 3 is 2.44 bits per heavy atom. The summed E-state index contributed by atoms with van der Waals surface area (Å²) in [7, 11) is 0. The number of nitrogens with one attached hydrogen (secondary N) is 1. The molecule has 1 N–H and O–H groups in total. The summed E-state index contributed by atoms with van der Waals surface area (Å²) < 4.78 is 0. The molecule has 1 nitrogen and oxygen atoms in total. The summed E-state index contributed by atoms with van der Waals surface area (Å²) in [4.78, 5) is 0. The van der Waals surface area contributed by atoms with E-state index < -0.39 is 0 Å². The lowest BCUT2D eigenvalue weighted by Crippen LogP contribution is -2.39. The standard InChI is InChI=1S/C17H33N/c1-3-6-14-9-10-16(13-18-11-4-2)17(12-14)15-7-5-8-15/h14-18H,3-13H2,1-2H3. The third-order valence-electron chi connectivity index (χ3n) is 5.44. The summed E-state index contributed by atoms with van der Waals surface area (Å²) in [5.74, 6) is 4.21. The molecule has 0 radical (unpaired) electrons. The van der Waals surface area contributed by atoms with E-state index in [9.17, 15) is 0 Å². The minimum absolute atomic E-state index is 0.995. The van der Waals surface area contributed by atoms with Crippen molar-refractivity contribution in [3.63, 3.8) is 0 Å². The number of hydrogen-bond donors (Lipinski definition) is 1. The highest BCUT2D eigenvalue weighted by atomic mass is 14.9. The van der Waals surface area contributed by atoms with Gasteiger partial charge in [-0.2, -0.15) is 0 Å². The first-order valence-electron chi connectivity index (χ1n) is 8.55. The largest absolute Gasteiger partial charge is 0.316 e. The lowest BCUT2D eigenvalue weighted by molar-refractivity contribution is 0.0710. The van der Waals surface area contributed by atoms with E-state index in [1.807, 2.05) is 0 Å². The molecule has 0 aromatic carbocycles. The highest BCUT2D eigenvalue weighted by Crippen LogP contribution is 2.46. The summed E-state index contributed by atoms with van der Waals surface area (Å²) in [6, 6.07) is 0. The van der Waals surface area contributed by atoms with E-state index in [0.717, 1.165) is 23.7 Å². The molecule has 0 aliphatic heterocycles. The second-order valence-corrected chi connectivity index (χ2v) is 6.79. The maximum absolute atomic E-state index is 3.68. The van der Waals surface area contributed by atoms with E-state index in [0.29, 0.717) is 0 Å². The van der Waals surface area contributed by atoms with Crippen LogP contribution < -0.4 is 5.32 Å². The van der Waals surface area contributed by atoms with Crippen molar-refractivity contribution in [3.05, 3.63) is 0 Å². The van der Waals surface area contributed by atoms with Gasteiger partial charge in [-0.1, -0.05) is 52.4 Å². The SMILES string of the molecule is CCCNCC1CCC(CCC)CC1C1CCC1. The highest BCUT2D eigenvalue weighted by molar-refractivity contribution is 4.88. The van der Waals surface area contributed by atoms with E-state index in [2.05, 4.69) is 19.2 Å². The molecule has 0 heterocycles. The van der Waals surface area contributed by atoms with E-state index in [4.69, 9.17) is 0 Å². The summed E-state index contributed by atoms with van der Waals surface area (Å²) >= 11 is 0. The quantitative estimate of drug-likeness (QED) is 0.651. The van der Waals surface area contributed by atoms with Crippen molar-refractivity contribution in [2.24, 2.45) is 23.7 Å². The van der Waals surface area contributed by atoms with Crippen LogP contribution in [0.15, 0.2) is 0 Å². The van der Waals surface area contributed by atoms with Crippen molar-refractivity contribution < 1.29 is 0 Å². The van der Waals surface area contributed by atoms with E-state index in [-0.39, 0.29) is 0 Å². The molecular weight excluding hydrogens is 218 g/mol. The fourth-order valence-electron chi connectivity index (χ4n) is 4.19. The Morgan fingerprint density at radius 2 is 1.83 bits per heavy atom. The molecule has 2 saturated carbocycles. The van der Waals surface area contributed by atoms with E-state index >= 15 is 0 Å². The fraction of sp³-hybridized carbons (Fsp3) is 1.00. The second kappa shape index (κ2) is 7.53. The highest BCUT2D eigenvalue weighted by Gasteiger charge is 2.37. The van der Waals surface area contributed by atoms with Crippen LogP contribution in [0.5, 0.6) is 0 Å². The van der Waals surface area contributed by atoms with Crippen molar-refractivity contribution in [3.8, 4) is 0 Å². The number of rotatable bonds is 7. The molecule has 0 spiro atoms. The first-order chi connectivity index (χ1) is 8.85. The van der Waals surface area contributed by atoms with Crippen LogP contribution in [0, 0.1) is 23.7 Å². The molecule has 0 aromatic heterocycles. The summed E-state index contributed by atoms with van der Waals surface area (Å²) in [5.41, 5.74) is 0. The average molecular weight is 251 g/mol. The third kappa shape index (κ3) is 3.73. The lowest BCUT2D eigenvalue weighted by atomic mass is 9.62. The molecule has 0 amide bonds. The molecule has 3 atom stereocenters. The molecule has 3 unspecified atom stereocenters. The van der Waals surface area contributed by atoms with Gasteiger partial charge in [-0.3, -0.25) is 0 Å². The van der Waals surface area contributed by atoms with Gasteiger partial charge in [0.1, 0.15) is 0 Å². The van der Waals surface area contributed by atoms with Gasteiger partial charge in [0.25, 0.3) is 0 Å². The first kappa shape index (κ1) is 14.4. The average Bonchev–Trinajstić information content (AvgIpc) is 2.30. The zero-order chi connectivity index (χ0) is 12.8. The molecule has 0 aromatic rings. The molecule has 2 rings (SSSR count). The van der Waals surface area contributed by atoms with Crippen molar-refractivity contribution >= 4 is 0 Å². The molecule has 0 bridgehead atoms. The Morgan fingerprint density at radius 1 is 1.00 bits per heavy atom. The molecule has 18 heavy (non-hydrogen) atoms. The summed E-state index contributed by atoms with van der Waals surface area (Å²) in [6.45, 7) is 7.14. The maximum atomic E-state index is 3.68. The Bertz CT molecular complexity index is 222. The molecule has 2 aliphatic rings. The molecule has 2 aliphatic carbocycles. The number of hydrogen-bond acceptors (Lipinski definition) is 1. The van der Waals surface area contributed by atoms with Gasteiger partial charge in [-0.15, -0.1) is 0 Å². The van der Waals surface area contributed by atoms with Crippen molar-refractivity contribution in [2.75, 3.05) is 13.1 Å². The van der Waals surface area contributed by atoms with Gasteiger partial charge in [0.05, 0.1) is 0 Å².